The lowest BCUT2D eigenvalue weighted by atomic mass is 9.84. The fourth-order valence-corrected chi connectivity index (χ4v) is 3.38. The molecular formula is C13H25N5O. The van der Waals surface area contributed by atoms with Crippen LogP contribution in [0.15, 0.2) is 6.20 Å². The minimum Gasteiger partial charge on any atom is -0.493 e. The van der Waals surface area contributed by atoms with Gasteiger partial charge in [0.2, 0.25) is 0 Å². The van der Waals surface area contributed by atoms with Crippen LogP contribution >= 0.6 is 0 Å². The Hall–Kier alpha value is -1.11. The van der Waals surface area contributed by atoms with Crippen molar-refractivity contribution in [3.05, 3.63) is 11.9 Å². The standard InChI is InChI=1S/C13H25N5O/c1-17(2)13(7-5-6-8-13)12(16-14)11-10(19-4)9-15-18(11)3/h9,12,16H,5-8,14H2,1-4H3. The van der Waals surface area contributed by atoms with E-state index >= 15 is 0 Å². The first-order valence-corrected chi connectivity index (χ1v) is 6.76. The van der Waals surface area contributed by atoms with E-state index in [1.807, 2.05) is 11.7 Å². The molecule has 1 heterocycles. The summed E-state index contributed by atoms with van der Waals surface area (Å²) in [6, 6.07) is 0.00690. The third-order valence-corrected chi connectivity index (χ3v) is 4.51. The second-order valence-corrected chi connectivity index (χ2v) is 5.53. The van der Waals surface area contributed by atoms with Crippen LogP contribution < -0.4 is 16.0 Å². The molecule has 1 aromatic rings. The summed E-state index contributed by atoms with van der Waals surface area (Å²) in [6.45, 7) is 0. The van der Waals surface area contributed by atoms with E-state index in [1.54, 1.807) is 13.3 Å². The van der Waals surface area contributed by atoms with E-state index in [0.717, 1.165) is 24.3 Å². The Morgan fingerprint density at radius 1 is 1.47 bits per heavy atom. The van der Waals surface area contributed by atoms with E-state index in [2.05, 4.69) is 29.5 Å². The molecule has 2 rings (SSSR count). The van der Waals surface area contributed by atoms with E-state index in [-0.39, 0.29) is 11.6 Å². The van der Waals surface area contributed by atoms with Gasteiger partial charge in [-0.2, -0.15) is 5.10 Å². The van der Waals surface area contributed by atoms with Gasteiger partial charge < -0.3 is 9.64 Å². The van der Waals surface area contributed by atoms with E-state index in [1.165, 1.54) is 12.8 Å². The summed E-state index contributed by atoms with van der Waals surface area (Å²) in [5.74, 6) is 6.68. The Morgan fingerprint density at radius 3 is 2.58 bits per heavy atom. The monoisotopic (exact) mass is 267 g/mol. The molecule has 6 nitrogen and oxygen atoms in total. The van der Waals surface area contributed by atoms with Crippen molar-refractivity contribution < 1.29 is 4.74 Å². The van der Waals surface area contributed by atoms with Crippen molar-refractivity contribution in [2.75, 3.05) is 21.2 Å². The first-order valence-electron chi connectivity index (χ1n) is 6.76. The number of nitrogens with two attached hydrogens (primary N) is 1. The number of likely N-dealkylation sites (N-methyl/N-ethyl adjacent to an activating group) is 1. The molecule has 1 aliphatic rings. The van der Waals surface area contributed by atoms with Crippen LogP contribution in [-0.2, 0) is 7.05 Å². The molecule has 6 heteroatoms. The van der Waals surface area contributed by atoms with Gasteiger partial charge in [-0.05, 0) is 26.9 Å². The zero-order chi connectivity index (χ0) is 14.0. The van der Waals surface area contributed by atoms with Crippen molar-refractivity contribution in [3.8, 4) is 5.75 Å². The molecule has 0 saturated heterocycles. The lowest BCUT2D eigenvalue weighted by molar-refractivity contribution is 0.0991. The van der Waals surface area contributed by atoms with Crippen molar-refractivity contribution >= 4 is 0 Å². The lowest BCUT2D eigenvalue weighted by Crippen LogP contribution is -2.54. The van der Waals surface area contributed by atoms with E-state index in [0.29, 0.717) is 0 Å². The SMILES string of the molecule is COc1cnn(C)c1C(NN)C1(N(C)C)CCCC1. The number of aromatic nitrogens is 2. The Morgan fingerprint density at radius 2 is 2.11 bits per heavy atom. The molecule has 0 aromatic carbocycles. The molecule has 1 atom stereocenters. The summed E-state index contributed by atoms with van der Waals surface area (Å²) in [5, 5.41) is 4.30. The van der Waals surface area contributed by atoms with Gasteiger partial charge in [-0.3, -0.25) is 10.5 Å². The van der Waals surface area contributed by atoms with Crippen molar-refractivity contribution in [3.63, 3.8) is 0 Å². The molecule has 0 amide bonds. The minimum atomic E-state index is 0.00690. The average molecular weight is 267 g/mol. The van der Waals surface area contributed by atoms with Crippen LogP contribution in [0.4, 0.5) is 0 Å². The van der Waals surface area contributed by atoms with E-state index < -0.39 is 0 Å². The lowest BCUT2D eigenvalue weighted by Gasteiger charge is -2.43. The highest BCUT2D eigenvalue weighted by Crippen LogP contribution is 2.44. The number of hydrogen-bond acceptors (Lipinski definition) is 5. The van der Waals surface area contributed by atoms with Gasteiger partial charge in [-0.15, -0.1) is 0 Å². The zero-order valence-electron chi connectivity index (χ0n) is 12.3. The Bertz CT molecular complexity index is 423. The number of nitrogens with one attached hydrogen (secondary N) is 1. The van der Waals surface area contributed by atoms with Crippen molar-refractivity contribution in [2.45, 2.75) is 37.3 Å². The maximum Gasteiger partial charge on any atom is 0.161 e. The molecule has 0 bridgehead atoms. The summed E-state index contributed by atoms with van der Waals surface area (Å²) in [5.41, 5.74) is 4.04. The molecule has 1 unspecified atom stereocenters. The number of ether oxygens (including phenoxy) is 1. The van der Waals surface area contributed by atoms with Gasteiger partial charge in [0.05, 0.1) is 19.3 Å². The summed E-state index contributed by atoms with van der Waals surface area (Å²) in [6.07, 6.45) is 6.47. The normalized spacial score (nSPS) is 19.9. The van der Waals surface area contributed by atoms with Gasteiger partial charge in [-0.25, -0.2) is 5.43 Å². The molecule has 3 N–H and O–H groups in total. The van der Waals surface area contributed by atoms with E-state index in [4.69, 9.17) is 10.6 Å². The smallest absolute Gasteiger partial charge is 0.161 e. The number of nitrogens with zero attached hydrogens (tertiary/aromatic N) is 3. The predicted octanol–water partition coefficient (Wildman–Crippen LogP) is 0.808. The molecule has 108 valence electrons. The second kappa shape index (κ2) is 5.48. The summed E-state index contributed by atoms with van der Waals surface area (Å²) in [7, 11) is 7.85. The van der Waals surface area contributed by atoms with Gasteiger partial charge in [0, 0.05) is 12.6 Å². The van der Waals surface area contributed by atoms with Crippen molar-refractivity contribution in [1.82, 2.24) is 20.1 Å². The largest absolute Gasteiger partial charge is 0.493 e. The highest BCUT2D eigenvalue weighted by molar-refractivity contribution is 5.31. The molecule has 19 heavy (non-hydrogen) atoms. The molecule has 1 aliphatic carbocycles. The van der Waals surface area contributed by atoms with Gasteiger partial charge in [-0.1, -0.05) is 12.8 Å². The number of rotatable bonds is 5. The number of hydrazine groups is 1. The van der Waals surface area contributed by atoms with Crippen molar-refractivity contribution in [2.24, 2.45) is 12.9 Å². The quantitative estimate of drug-likeness (QED) is 0.610. The number of aryl methyl sites for hydroxylation is 1. The zero-order valence-corrected chi connectivity index (χ0v) is 12.3. The maximum absolute atomic E-state index is 5.89. The minimum absolute atomic E-state index is 0.00690. The second-order valence-electron chi connectivity index (χ2n) is 5.53. The summed E-state index contributed by atoms with van der Waals surface area (Å²) < 4.78 is 7.29. The fraction of sp³-hybridized carbons (Fsp3) is 0.769. The first kappa shape index (κ1) is 14.3. The first-order chi connectivity index (χ1) is 9.06. The van der Waals surface area contributed by atoms with Crippen LogP contribution in [0.25, 0.3) is 0 Å². The molecular weight excluding hydrogens is 242 g/mol. The van der Waals surface area contributed by atoms with Gasteiger partial charge in [0.1, 0.15) is 5.69 Å². The van der Waals surface area contributed by atoms with Crippen LogP contribution in [0, 0.1) is 0 Å². The third-order valence-electron chi connectivity index (χ3n) is 4.51. The molecule has 0 spiro atoms. The van der Waals surface area contributed by atoms with Gasteiger partial charge in [0.15, 0.2) is 5.75 Å². The molecule has 0 aliphatic heterocycles. The molecule has 1 fully saturated rings. The Labute approximate surface area is 114 Å². The maximum atomic E-state index is 5.89. The molecule has 1 saturated carbocycles. The van der Waals surface area contributed by atoms with E-state index in [9.17, 15) is 0 Å². The Balaban J connectivity index is 2.45. The van der Waals surface area contributed by atoms with Crippen LogP contribution in [0.2, 0.25) is 0 Å². The fourth-order valence-electron chi connectivity index (χ4n) is 3.38. The number of hydrogen-bond donors (Lipinski definition) is 2. The highest BCUT2D eigenvalue weighted by atomic mass is 16.5. The van der Waals surface area contributed by atoms with Gasteiger partial charge in [0.25, 0.3) is 0 Å². The average Bonchev–Trinajstić information content (AvgIpc) is 3.00. The number of methoxy groups -OCH3 is 1. The van der Waals surface area contributed by atoms with Crippen LogP contribution in [0.3, 0.4) is 0 Å². The predicted molar refractivity (Wildman–Crippen MR) is 74.7 cm³/mol. The third kappa shape index (κ3) is 2.24. The van der Waals surface area contributed by atoms with Gasteiger partial charge >= 0.3 is 0 Å². The van der Waals surface area contributed by atoms with Crippen LogP contribution in [0.5, 0.6) is 5.75 Å². The molecule has 1 aromatic heterocycles. The summed E-state index contributed by atoms with van der Waals surface area (Å²) in [4.78, 5) is 2.29. The Kier molecular flexibility index (Phi) is 4.13. The van der Waals surface area contributed by atoms with Crippen LogP contribution in [0.1, 0.15) is 37.4 Å². The topological polar surface area (TPSA) is 68.3 Å². The summed E-state index contributed by atoms with van der Waals surface area (Å²) >= 11 is 0. The highest BCUT2D eigenvalue weighted by Gasteiger charge is 2.45. The van der Waals surface area contributed by atoms with Crippen molar-refractivity contribution in [1.29, 1.82) is 0 Å². The molecule has 0 radical (unpaired) electrons. The van der Waals surface area contributed by atoms with Crippen LogP contribution in [-0.4, -0.2) is 41.4 Å².